The summed E-state index contributed by atoms with van der Waals surface area (Å²) in [6.45, 7) is 2.20. The van der Waals surface area contributed by atoms with Gasteiger partial charge in [0.2, 0.25) is 0 Å². The van der Waals surface area contributed by atoms with Crippen molar-refractivity contribution < 1.29 is 23.0 Å². The summed E-state index contributed by atoms with van der Waals surface area (Å²) in [6, 6.07) is 4.21. The summed E-state index contributed by atoms with van der Waals surface area (Å²) in [5.41, 5.74) is -0.285. The van der Waals surface area contributed by atoms with E-state index in [-0.39, 0.29) is 11.3 Å². The molecule has 0 saturated heterocycles. The molecule has 0 spiro atoms. The second-order valence-electron chi connectivity index (χ2n) is 3.81. The number of hydrogen-bond donors (Lipinski definition) is 0. The van der Waals surface area contributed by atoms with E-state index in [2.05, 4.69) is 20.7 Å². The van der Waals surface area contributed by atoms with Crippen molar-refractivity contribution in [3.8, 4) is 5.75 Å². The first-order chi connectivity index (χ1) is 8.25. The first kappa shape index (κ1) is 14.9. The Hall–Kier alpha value is -1.17. The fourth-order valence-corrected chi connectivity index (χ4v) is 1.71. The normalized spacial score (nSPS) is 13.0. The van der Waals surface area contributed by atoms with Gasteiger partial charge in [-0.1, -0.05) is 15.9 Å². The molecule has 1 atom stereocenters. The molecule has 6 heteroatoms. The highest BCUT2D eigenvalue weighted by Crippen LogP contribution is 2.36. The molecule has 100 valence electrons. The van der Waals surface area contributed by atoms with Gasteiger partial charge in [-0.15, -0.1) is 0 Å². The summed E-state index contributed by atoms with van der Waals surface area (Å²) < 4.78 is 37.0. The minimum atomic E-state index is -3.06. The van der Waals surface area contributed by atoms with Crippen LogP contribution in [0.25, 0.3) is 0 Å². The van der Waals surface area contributed by atoms with Crippen LogP contribution in [-0.4, -0.2) is 19.2 Å². The summed E-state index contributed by atoms with van der Waals surface area (Å²) in [5.74, 6) is -3.72. The molecule has 1 aromatic rings. The van der Waals surface area contributed by atoms with E-state index in [9.17, 15) is 13.6 Å². The highest BCUT2D eigenvalue weighted by molar-refractivity contribution is 9.10. The first-order valence-corrected chi connectivity index (χ1v) is 5.97. The maximum absolute atomic E-state index is 13.4. The molecule has 0 aliphatic carbocycles. The van der Waals surface area contributed by atoms with Crippen molar-refractivity contribution in [3.05, 3.63) is 28.2 Å². The Bertz CT molecular complexity index is 443. The van der Waals surface area contributed by atoms with Crippen molar-refractivity contribution >= 4 is 21.9 Å². The second-order valence-corrected chi connectivity index (χ2v) is 4.73. The van der Waals surface area contributed by atoms with E-state index in [4.69, 9.17) is 4.74 Å². The number of alkyl halides is 2. The van der Waals surface area contributed by atoms with E-state index in [1.54, 1.807) is 6.07 Å². The fraction of sp³-hybridized carbons (Fsp3) is 0.417. The predicted molar refractivity (Wildman–Crippen MR) is 65.8 cm³/mol. The minimum Gasteiger partial charge on any atom is -0.479 e. The molecule has 0 saturated carbocycles. The van der Waals surface area contributed by atoms with Crippen LogP contribution in [0.4, 0.5) is 8.78 Å². The number of carbonyl (C=O) groups excluding carboxylic acids is 1. The summed E-state index contributed by atoms with van der Waals surface area (Å²) in [6.07, 6.45) is -0.947. The molecule has 0 unspecified atom stereocenters. The average Bonchev–Trinajstić information content (AvgIpc) is 2.28. The van der Waals surface area contributed by atoms with E-state index in [0.29, 0.717) is 4.47 Å². The SMILES string of the molecule is COC(=O)[C@H](C)Oc1ccc(Br)cc1C(C)(F)F. The third-order valence-electron chi connectivity index (χ3n) is 2.25. The zero-order valence-electron chi connectivity index (χ0n) is 10.2. The highest BCUT2D eigenvalue weighted by Gasteiger charge is 2.30. The van der Waals surface area contributed by atoms with Crippen LogP contribution in [0.1, 0.15) is 19.4 Å². The summed E-state index contributed by atoms with van der Waals surface area (Å²) in [4.78, 5) is 11.2. The monoisotopic (exact) mass is 322 g/mol. The Balaban J connectivity index is 3.06. The average molecular weight is 323 g/mol. The molecule has 0 fully saturated rings. The van der Waals surface area contributed by atoms with Gasteiger partial charge in [0.25, 0.3) is 5.92 Å². The standard InChI is InChI=1S/C12H13BrF2O3/c1-7(11(16)17-3)18-10-5-4-8(13)6-9(10)12(2,14)15/h4-7H,1-3H3/t7-/m0/s1. The lowest BCUT2D eigenvalue weighted by molar-refractivity contribution is -0.148. The van der Waals surface area contributed by atoms with Crippen molar-refractivity contribution in [2.75, 3.05) is 7.11 Å². The number of esters is 1. The van der Waals surface area contributed by atoms with Gasteiger partial charge in [0.15, 0.2) is 6.10 Å². The summed E-state index contributed by atoms with van der Waals surface area (Å²) in [7, 11) is 1.21. The predicted octanol–water partition coefficient (Wildman–Crippen LogP) is 3.50. The molecule has 0 radical (unpaired) electrons. The van der Waals surface area contributed by atoms with Crippen molar-refractivity contribution in [2.45, 2.75) is 25.9 Å². The van der Waals surface area contributed by atoms with E-state index in [1.165, 1.54) is 26.2 Å². The molecular weight excluding hydrogens is 310 g/mol. The fourth-order valence-electron chi connectivity index (χ4n) is 1.35. The molecule has 1 rings (SSSR count). The molecule has 0 heterocycles. The largest absolute Gasteiger partial charge is 0.479 e. The maximum Gasteiger partial charge on any atom is 0.346 e. The van der Waals surface area contributed by atoms with Gasteiger partial charge in [-0.25, -0.2) is 13.6 Å². The Morgan fingerprint density at radius 2 is 2.06 bits per heavy atom. The van der Waals surface area contributed by atoms with Gasteiger partial charge in [-0.05, 0) is 25.1 Å². The number of halogens is 3. The second kappa shape index (κ2) is 5.65. The zero-order chi connectivity index (χ0) is 13.9. The third kappa shape index (κ3) is 3.66. The van der Waals surface area contributed by atoms with Gasteiger partial charge < -0.3 is 9.47 Å². The summed E-state index contributed by atoms with van der Waals surface area (Å²) in [5, 5.41) is 0. The first-order valence-electron chi connectivity index (χ1n) is 5.18. The van der Waals surface area contributed by atoms with Gasteiger partial charge in [0, 0.05) is 11.4 Å². The van der Waals surface area contributed by atoms with Crippen LogP contribution >= 0.6 is 15.9 Å². The van der Waals surface area contributed by atoms with Crippen LogP contribution in [-0.2, 0) is 15.5 Å². The van der Waals surface area contributed by atoms with Crippen LogP contribution in [0, 0.1) is 0 Å². The number of carbonyl (C=O) groups is 1. The van der Waals surface area contributed by atoms with Crippen LogP contribution < -0.4 is 4.74 Å². The van der Waals surface area contributed by atoms with Crippen molar-refractivity contribution in [2.24, 2.45) is 0 Å². The molecule has 0 aliphatic rings. The van der Waals surface area contributed by atoms with Crippen molar-refractivity contribution in [1.82, 2.24) is 0 Å². The molecule has 0 N–H and O–H groups in total. The molecule has 0 aromatic heterocycles. The van der Waals surface area contributed by atoms with Crippen LogP contribution in [0.2, 0.25) is 0 Å². The number of ether oxygens (including phenoxy) is 2. The van der Waals surface area contributed by atoms with Gasteiger partial charge in [-0.2, -0.15) is 0 Å². The molecule has 1 aromatic carbocycles. The number of rotatable bonds is 4. The van der Waals surface area contributed by atoms with Gasteiger partial charge in [0.1, 0.15) is 5.75 Å². The molecule has 0 aliphatic heterocycles. The third-order valence-corrected chi connectivity index (χ3v) is 2.74. The van der Waals surface area contributed by atoms with Gasteiger partial charge in [-0.3, -0.25) is 0 Å². The zero-order valence-corrected chi connectivity index (χ0v) is 11.8. The van der Waals surface area contributed by atoms with E-state index >= 15 is 0 Å². The quantitative estimate of drug-likeness (QED) is 0.796. The van der Waals surface area contributed by atoms with Crippen LogP contribution in [0.5, 0.6) is 5.75 Å². The highest BCUT2D eigenvalue weighted by atomic mass is 79.9. The number of hydrogen-bond acceptors (Lipinski definition) is 3. The molecular formula is C12H13BrF2O3. The minimum absolute atomic E-state index is 0.0383. The summed E-state index contributed by atoms with van der Waals surface area (Å²) >= 11 is 3.12. The Morgan fingerprint density at radius 3 is 2.56 bits per heavy atom. The van der Waals surface area contributed by atoms with Crippen molar-refractivity contribution in [3.63, 3.8) is 0 Å². The van der Waals surface area contributed by atoms with Gasteiger partial charge in [0.05, 0.1) is 12.7 Å². The smallest absolute Gasteiger partial charge is 0.346 e. The number of methoxy groups -OCH3 is 1. The molecule has 18 heavy (non-hydrogen) atoms. The van der Waals surface area contributed by atoms with Crippen molar-refractivity contribution in [1.29, 1.82) is 0 Å². The molecule has 3 nitrogen and oxygen atoms in total. The Morgan fingerprint density at radius 1 is 1.44 bits per heavy atom. The van der Waals surface area contributed by atoms with E-state index < -0.39 is 18.0 Å². The van der Waals surface area contributed by atoms with Gasteiger partial charge >= 0.3 is 5.97 Å². The lowest BCUT2D eigenvalue weighted by Gasteiger charge is -2.19. The lowest BCUT2D eigenvalue weighted by atomic mass is 10.1. The van der Waals surface area contributed by atoms with Crippen LogP contribution in [0.15, 0.2) is 22.7 Å². The van der Waals surface area contributed by atoms with E-state index in [0.717, 1.165) is 6.92 Å². The van der Waals surface area contributed by atoms with E-state index in [1.807, 2.05) is 0 Å². The van der Waals surface area contributed by atoms with Crippen LogP contribution in [0.3, 0.4) is 0 Å². The molecule has 0 bridgehead atoms. The number of benzene rings is 1. The maximum atomic E-state index is 13.4. The topological polar surface area (TPSA) is 35.5 Å². The lowest BCUT2D eigenvalue weighted by Crippen LogP contribution is -2.26. The molecule has 0 amide bonds. The Kier molecular flexibility index (Phi) is 4.67. The Labute approximate surface area is 112 Å².